The molecule has 2 heterocycles. The standard InChI is InChI=1S/C26H22FN5OS/c27-19-10-12-20(13-11-19)32-25(22-16-29-23-9-5-4-8-21(22)23)30-31-26(32)34-17-24(33)28-15-14-18-6-2-1-3-7-18/h1-13,16,29H,14-15,17H2,(H,28,33). The van der Waals surface area contributed by atoms with Crippen LogP contribution in [0.3, 0.4) is 0 Å². The molecule has 0 bridgehead atoms. The maximum Gasteiger partial charge on any atom is 0.230 e. The number of aromatic amines is 1. The van der Waals surface area contributed by atoms with Gasteiger partial charge in [0.15, 0.2) is 11.0 Å². The summed E-state index contributed by atoms with van der Waals surface area (Å²) in [6.07, 6.45) is 2.66. The molecule has 5 rings (SSSR count). The predicted octanol–water partition coefficient (Wildman–Crippen LogP) is 5.01. The van der Waals surface area contributed by atoms with Crippen LogP contribution < -0.4 is 5.32 Å². The number of amides is 1. The lowest BCUT2D eigenvalue weighted by Crippen LogP contribution is -2.27. The molecule has 0 radical (unpaired) electrons. The van der Waals surface area contributed by atoms with E-state index >= 15 is 0 Å². The quantitative estimate of drug-likeness (QED) is 0.312. The second-order valence-corrected chi connectivity index (χ2v) is 8.68. The van der Waals surface area contributed by atoms with E-state index in [1.165, 1.54) is 29.5 Å². The number of carbonyl (C=O) groups is 1. The molecule has 170 valence electrons. The fourth-order valence-electron chi connectivity index (χ4n) is 3.79. The highest BCUT2D eigenvalue weighted by Gasteiger charge is 2.19. The molecule has 0 saturated heterocycles. The van der Waals surface area contributed by atoms with E-state index in [2.05, 4.69) is 20.5 Å². The zero-order valence-electron chi connectivity index (χ0n) is 18.2. The summed E-state index contributed by atoms with van der Waals surface area (Å²) in [6, 6.07) is 24.1. The van der Waals surface area contributed by atoms with Crippen molar-refractivity contribution in [3.05, 3.63) is 96.4 Å². The minimum atomic E-state index is -0.322. The summed E-state index contributed by atoms with van der Waals surface area (Å²) < 4.78 is 15.5. The lowest BCUT2D eigenvalue weighted by atomic mass is 10.1. The van der Waals surface area contributed by atoms with Crippen molar-refractivity contribution in [2.45, 2.75) is 11.6 Å². The fourth-order valence-corrected chi connectivity index (χ4v) is 4.57. The number of halogens is 1. The van der Waals surface area contributed by atoms with E-state index in [0.29, 0.717) is 17.5 Å². The van der Waals surface area contributed by atoms with Gasteiger partial charge in [0, 0.05) is 34.9 Å². The van der Waals surface area contributed by atoms with E-state index < -0.39 is 0 Å². The Morgan fingerprint density at radius 3 is 2.56 bits per heavy atom. The number of para-hydroxylation sites is 1. The van der Waals surface area contributed by atoms with Crippen LogP contribution in [0.1, 0.15) is 5.56 Å². The molecular formula is C26H22FN5OS. The van der Waals surface area contributed by atoms with Gasteiger partial charge in [-0.3, -0.25) is 9.36 Å². The molecule has 2 N–H and O–H groups in total. The maximum atomic E-state index is 13.6. The lowest BCUT2D eigenvalue weighted by Gasteiger charge is -2.10. The van der Waals surface area contributed by atoms with Crippen molar-refractivity contribution in [3.63, 3.8) is 0 Å². The molecule has 0 fully saturated rings. The number of hydrogen-bond donors (Lipinski definition) is 2. The van der Waals surface area contributed by atoms with Crippen molar-refractivity contribution in [3.8, 4) is 17.1 Å². The van der Waals surface area contributed by atoms with Gasteiger partial charge in [-0.15, -0.1) is 10.2 Å². The van der Waals surface area contributed by atoms with Crippen molar-refractivity contribution in [2.24, 2.45) is 0 Å². The molecule has 34 heavy (non-hydrogen) atoms. The monoisotopic (exact) mass is 471 g/mol. The zero-order chi connectivity index (χ0) is 23.3. The number of fused-ring (bicyclic) bond motifs is 1. The maximum absolute atomic E-state index is 13.6. The molecule has 6 nitrogen and oxygen atoms in total. The van der Waals surface area contributed by atoms with Gasteiger partial charge in [-0.05, 0) is 42.3 Å². The minimum Gasteiger partial charge on any atom is -0.360 e. The van der Waals surface area contributed by atoms with Crippen molar-refractivity contribution >= 4 is 28.6 Å². The van der Waals surface area contributed by atoms with Gasteiger partial charge in [-0.2, -0.15) is 0 Å². The topological polar surface area (TPSA) is 75.6 Å². The van der Waals surface area contributed by atoms with Gasteiger partial charge in [-0.25, -0.2) is 4.39 Å². The van der Waals surface area contributed by atoms with Crippen LogP contribution in [0.15, 0.2) is 90.2 Å². The Balaban J connectivity index is 1.37. The number of benzene rings is 3. The molecule has 3 aromatic carbocycles. The van der Waals surface area contributed by atoms with Gasteiger partial charge in [0.1, 0.15) is 5.82 Å². The molecule has 0 saturated carbocycles. The van der Waals surface area contributed by atoms with Crippen LogP contribution in [-0.4, -0.2) is 38.0 Å². The SMILES string of the molecule is O=C(CSc1nnc(-c2c[nH]c3ccccc23)n1-c1ccc(F)cc1)NCCc1ccccc1. The molecule has 0 spiro atoms. The summed E-state index contributed by atoms with van der Waals surface area (Å²) in [5, 5.41) is 13.3. The van der Waals surface area contributed by atoms with Gasteiger partial charge in [0.25, 0.3) is 0 Å². The molecule has 0 atom stereocenters. The van der Waals surface area contributed by atoms with E-state index in [9.17, 15) is 9.18 Å². The van der Waals surface area contributed by atoms with Crippen LogP contribution >= 0.6 is 11.8 Å². The van der Waals surface area contributed by atoms with Crippen molar-refractivity contribution in [1.29, 1.82) is 0 Å². The third-order valence-electron chi connectivity index (χ3n) is 5.46. The number of nitrogens with one attached hydrogen (secondary N) is 2. The summed E-state index contributed by atoms with van der Waals surface area (Å²) in [6.45, 7) is 0.564. The van der Waals surface area contributed by atoms with E-state index in [1.54, 1.807) is 12.1 Å². The summed E-state index contributed by atoms with van der Waals surface area (Å²) in [5.41, 5.74) is 3.76. The normalized spacial score (nSPS) is 11.1. The highest BCUT2D eigenvalue weighted by molar-refractivity contribution is 7.99. The number of nitrogens with zero attached hydrogens (tertiary/aromatic N) is 3. The molecule has 8 heteroatoms. The van der Waals surface area contributed by atoms with Crippen LogP contribution in [-0.2, 0) is 11.2 Å². The number of rotatable bonds is 8. The van der Waals surface area contributed by atoms with E-state index in [1.807, 2.05) is 65.4 Å². The smallest absolute Gasteiger partial charge is 0.230 e. The highest BCUT2D eigenvalue weighted by atomic mass is 32.2. The Hall–Kier alpha value is -3.91. The Bertz CT molecular complexity index is 1410. The first-order valence-electron chi connectivity index (χ1n) is 10.9. The number of hydrogen-bond acceptors (Lipinski definition) is 4. The van der Waals surface area contributed by atoms with Crippen molar-refractivity contribution in [1.82, 2.24) is 25.1 Å². The first kappa shape index (κ1) is 21.9. The number of carbonyl (C=O) groups excluding carboxylic acids is 1. The van der Waals surface area contributed by atoms with E-state index in [-0.39, 0.29) is 17.5 Å². The van der Waals surface area contributed by atoms with Crippen LogP contribution in [0, 0.1) is 5.82 Å². The first-order valence-corrected chi connectivity index (χ1v) is 11.9. The van der Waals surface area contributed by atoms with Crippen LogP contribution in [0.4, 0.5) is 4.39 Å². The van der Waals surface area contributed by atoms with Gasteiger partial charge >= 0.3 is 0 Å². The summed E-state index contributed by atoms with van der Waals surface area (Å²) in [4.78, 5) is 15.7. The number of aromatic nitrogens is 4. The van der Waals surface area contributed by atoms with Gasteiger partial charge < -0.3 is 10.3 Å². The molecule has 0 aliphatic rings. The molecule has 0 aliphatic heterocycles. The van der Waals surface area contributed by atoms with Gasteiger partial charge in [0.2, 0.25) is 5.91 Å². The van der Waals surface area contributed by atoms with Crippen LogP contribution in [0.5, 0.6) is 0 Å². The highest BCUT2D eigenvalue weighted by Crippen LogP contribution is 2.32. The third-order valence-corrected chi connectivity index (χ3v) is 6.39. The number of H-pyrrole nitrogens is 1. The molecule has 1 amide bonds. The molecular weight excluding hydrogens is 449 g/mol. The Kier molecular flexibility index (Phi) is 6.40. The second kappa shape index (κ2) is 9.93. The van der Waals surface area contributed by atoms with Crippen molar-refractivity contribution < 1.29 is 9.18 Å². The molecule has 2 aromatic heterocycles. The Labute approximate surface area is 200 Å². The third kappa shape index (κ3) is 4.72. The van der Waals surface area contributed by atoms with Crippen molar-refractivity contribution in [2.75, 3.05) is 12.3 Å². The average Bonchev–Trinajstić information content (AvgIpc) is 3.48. The summed E-state index contributed by atoms with van der Waals surface area (Å²) in [5.74, 6) is 0.416. The summed E-state index contributed by atoms with van der Waals surface area (Å²) >= 11 is 1.30. The second-order valence-electron chi connectivity index (χ2n) is 7.74. The molecule has 5 aromatic rings. The Morgan fingerprint density at radius 1 is 0.971 bits per heavy atom. The van der Waals surface area contributed by atoms with Crippen LogP contribution in [0.2, 0.25) is 0 Å². The van der Waals surface area contributed by atoms with Crippen LogP contribution in [0.25, 0.3) is 28.0 Å². The zero-order valence-corrected chi connectivity index (χ0v) is 19.1. The largest absolute Gasteiger partial charge is 0.360 e. The van der Waals surface area contributed by atoms with E-state index in [4.69, 9.17) is 0 Å². The Morgan fingerprint density at radius 2 is 1.74 bits per heavy atom. The van der Waals surface area contributed by atoms with E-state index in [0.717, 1.165) is 28.6 Å². The van der Waals surface area contributed by atoms with Gasteiger partial charge in [0.05, 0.1) is 5.75 Å². The molecule has 0 aliphatic carbocycles. The predicted molar refractivity (Wildman–Crippen MR) is 132 cm³/mol. The average molecular weight is 472 g/mol. The van der Waals surface area contributed by atoms with Gasteiger partial charge in [-0.1, -0.05) is 60.3 Å². The minimum absolute atomic E-state index is 0.0803. The summed E-state index contributed by atoms with van der Waals surface area (Å²) in [7, 11) is 0. The fraction of sp³-hybridized carbons (Fsp3) is 0.115. The molecule has 0 unspecified atom stereocenters. The lowest BCUT2D eigenvalue weighted by molar-refractivity contribution is -0.118. The first-order chi connectivity index (χ1) is 16.7. The number of thioether (sulfide) groups is 1.